The number of phenolic OH excluding ortho intramolecular Hbond substituents is 1. The van der Waals surface area contributed by atoms with E-state index in [0.717, 1.165) is 5.06 Å². The molecule has 2 aromatic carbocycles. The number of carbonyl (C=O) groups is 2. The van der Waals surface area contributed by atoms with Crippen molar-refractivity contribution in [3.63, 3.8) is 0 Å². The third-order valence-electron chi connectivity index (χ3n) is 3.27. The molecule has 0 bridgehead atoms. The monoisotopic (exact) mass is 329 g/mol. The molecule has 1 N–H and O–H groups in total. The van der Waals surface area contributed by atoms with Crippen molar-refractivity contribution < 1.29 is 24.3 Å². The smallest absolute Gasteiger partial charge is 0.357 e. The highest BCUT2D eigenvalue weighted by Crippen LogP contribution is 2.15. The van der Waals surface area contributed by atoms with Crippen molar-refractivity contribution in [3.05, 3.63) is 65.7 Å². The number of nitrogens with zero attached hydrogens (tertiary/aromatic N) is 1. The van der Waals surface area contributed by atoms with Crippen molar-refractivity contribution in [1.29, 1.82) is 0 Å². The zero-order valence-corrected chi connectivity index (χ0v) is 13.5. The summed E-state index contributed by atoms with van der Waals surface area (Å²) in [5.41, 5.74) is 0.713. The molecule has 0 amide bonds. The lowest BCUT2D eigenvalue weighted by Gasteiger charge is -2.25. The maximum absolute atomic E-state index is 12.6. The van der Waals surface area contributed by atoms with Gasteiger partial charge in [0.05, 0.1) is 5.56 Å². The fourth-order valence-corrected chi connectivity index (χ4v) is 2.08. The Balaban J connectivity index is 2.12. The van der Waals surface area contributed by atoms with Crippen LogP contribution in [0.25, 0.3) is 0 Å². The Labute approximate surface area is 140 Å². The SMILES string of the molecule is CCOC(C(=O)c1ccc(O)cc1)N(C)OC(=O)c1ccccc1. The summed E-state index contributed by atoms with van der Waals surface area (Å²) in [6.45, 7) is 2.01. The molecule has 2 rings (SSSR count). The van der Waals surface area contributed by atoms with Gasteiger partial charge in [0.1, 0.15) is 5.75 Å². The first-order valence-corrected chi connectivity index (χ1v) is 7.48. The van der Waals surface area contributed by atoms with E-state index in [1.54, 1.807) is 37.3 Å². The van der Waals surface area contributed by atoms with Gasteiger partial charge in [0, 0.05) is 19.2 Å². The quantitative estimate of drug-likeness (QED) is 0.478. The summed E-state index contributed by atoms with van der Waals surface area (Å²) in [5, 5.41) is 10.4. The van der Waals surface area contributed by atoms with E-state index in [1.165, 1.54) is 31.3 Å². The highest BCUT2D eigenvalue weighted by atomic mass is 16.7. The highest BCUT2D eigenvalue weighted by Gasteiger charge is 2.28. The minimum absolute atomic E-state index is 0.0587. The normalized spacial score (nSPS) is 12.0. The third-order valence-corrected chi connectivity index (χ3v) is 3.27. The van der Waals surface area contributed by atoms with Gasteiger partial charge in [-0.2, -0.15) is 0 Å². The van der Waals surface area contributed by atoms with Crippen molar-refractivity contribution in [2.45, 2.75) is 13.2 Å². The topological polar surface area (TPSA) is 76.1 Å². The summed E-state index contributed by atoms with van der Waals surface area (Å²) >= 11 is 0. The first-order valence-electron chi connectivity index (χ1n) is 7.48. The number of hydrogen-bond donors (Lipinski definition) is 1. The number of ketones is 1. The molecule has 6 heteroatoms. The van der Waals surface area contributed by atoms with Crippen molar-refractivity contribution >= 4 is 11.8 Å². The van der Waals surface area contributed by atoms with Gasteiger partial charge in [-0.05, 0) is 43.3 Å². The first kappa shape index (κ1) is 17.7. The fourth-order valence-electron chi connectivity index (χ4n) is 2.08. The number of Topliss-reactive ketones (excluding diaryl/α,β-unsaturated/α-hetero) is 1. The molecule has 0 aliphatic carbocycles. The van der Waals surface area contributed by atoms with E-state index in [0.29, 0.717) is 11.1 Å². The molecule has 0 saturated heterocycles. The molecule has 1 unspecified atom stereocenters. The minimum Gasteiger partial charge on any atom is -0.508 e. The molecule has 1 atom stereocenters. The Morgan fingerprint density at radius 2 is 1.67 bits per heavy atom. The second-order valence-electron chi connectivity index (χ2n) is 5.01. The van der Waals surface area contributed by atoms with E-state index in [2.05, 4.69) is 0 Å². The first-order chi connectivity index (χ1) is 11.5. The van der Waals surface area contributed by atoms with Gasteiger partial charge in [0.2, 0.25) is 12.0 Å². The number of hydrogen-bond acceptors (Lipinski definition) is 6. The predicted molar refractivity (Wildman–Crippen MR) is 87.5 cm³/mol. The standard InChI is InChI=1S/C18H19NO5/c1-3-23-17(16(21)13-9-11-15(20)12-10-13)19(2)24-18(22)14-7-5-4-6-8-14/h4-12,17,20H,3H2,1-2H3. The molecular weight excluding hydrogens is 310 g/mol. The molecule has 126 valence electrons. The summed E-state index contributed by atoms with van der Waals surface area (Å²) in [6, 6.07) is 14.3. The van der Waals surface area contributed by atoms with Crippen LogP contribution in [0.15, 0.2) is 54.6 Å². The number of rotatable bonds is 7. The van der Waals surface area contributed by atoms with E-state index >= 15 is 0 Å². The van der Waals surface area contributed by atoms with Crippen LogP contribution in [0.1, 0.15) is 27.6 Å². The van der Waals surface area contributed by atoms with Crippen LogP contribution in [-0.2, 0) is 9.57 Å². The maximum Gasteiger partial charge on any atom is 0.357 e. The van der Waals surface area contributed by atoms with Crippen molar-refractivity contribution in [3.8, 4) is 5.75 Å². The predicted octanol–water partition coefficient (Wildman–Crippen LogP) is 2.64. The molecule has 0 spiro atoms. The van der Waals surface area contributed by atoms with Crippen LogP contribution in [0.5, 0.6) is 5.75 Å². The number of benzene rings is 2. The van der Waals surface area contributed by atoms with E-state index in [9.17, 15) is 14.7 Å². The number of carbonyl (C=O) groups excluding carboxylic acids is 2. The van der Waals surface area contributed by atoms with Gasteiger partial charge in [0.15, 0.2) is 0 Å². The molecule has 2 aromatic rings. The molecular formula is C18H19NO5. The molecule has 0 radical (unpaired) electrons. The molecule has 0 saturated carbocycles. The zero-order chi connectivity index (χ0) is 17.5. The van der Waals surface area contributed by atoms with Crippen LogP contribution in [0.4, 0.5) is 0 Å². The molecule has 24 heavy (non-hydrogen) atoms. The number of ether oxygens (including phenoxy) is 1. The summed E-state index contributed by atoms with van der Waals surface area (Å²) in [7, 11) is 1.46. The Kier molecular flexibility index (Phi) is 6.06. The minimum atomic E-state index is -1.08. The zero-order valence-electron chi connectivity index (χ0n) is 13.5. The van der Waals surface area contributed by atoms with E-state index in [-0.39, 0.29) is 18.1 Å². The van der Waals surface area contributed by atoms with Crippen LogP contribution < -0.4 is 0 Å². The summed E-state index contributed by atoms with van der Waals surface area (Å²) in [4.78, 5) is 29.9. The molecule has 0 fully saturated rings. The lowest BCUT2D eigenvalue weighted by atomic mass is 10.1. The van der Waals surface area contributed by atoms with Crippen LogP contribution in [0.3, 0.4) is 0 Å². The van der Waals surface area contributed by atoms with Crippen molar-refractivity contribution in [2.75, 3.05) is 13.7 Å². The Morgan fingerprint density at radius 3 is 2.25 bits per heavy atom. The molecule has 0 aromatic heterocycles. The second-order valence-corrected chi connectivity index (χ2v) is 5.01. The maximum atomic E-state index is 12.6. The van der Waals surface area contributed by atoms with Crippen LogP contribution >= 0.6 is 0 Å². The summed E-state index contributed by atoms with van der Waals surface area (Å²) in [5.74, 6) is -0.898. The average Bonchev–Trinajstić information content (AvgIpc) is 2.60. The van der Waals surface area contributed by atoms with E-state index in [1.807, 2.05) is 0 Å². The number of phenols is 1. The lowest BCUT2D eigenvalue weighted by Crippen LogP contribution is -2.42. The van der Waals surface area contributed by atoms with Gasteiger partial charge in [-0.25, -0.2) is 4.79 Å². The van der Waals surface area contributed by atoms with Crippen molar-refractivity contribution in [2.24, 2.45) is 0 Å². The summed E-state index contributed by atoms with van der Waals surface area (Å²) < 4.78 is 5.42. The van der Waals surface area contributed by atoms with Gasteiger partial charge in [-0.15, -0.1) is 5.06 Å². The Bertz CT molecular complexity index is 684. The van der Waals surface area contributed by atoms with Crippen LogP contribution in [-0.4, -0.2) is 41.8 Å². The second kappa shape index (κ2) is 8.24. The Morgan fingerprint density at radius 1 is 1.04 bits per heavy atom. The van der Waals surface area contributed by atoms with Gasteiger partial charge < -0.3 is 14.7 Å². The summed E-state index contributed by atoms with van der Waals surface area (Å²) in [6.07, 6.45) is -1.08. The number of aromatic hydroxyl groups is 1. The van der Waals surface area contributed by atoms with E-state index in [4.69, 9.17) is 9.57 Å². The van der Waals surface area contributed by atoms with Crippen LogP contribution in [0, 0.1) is 0 Å². The number of hydroxylamine groups is 2. The molecule has 6 nitrogen and oxygen atoms in total. The molecule has 0 heterocycles. The van der Waals surface area contributed by atoms with Crippen LogP contribution in [0.2, 0.25) is 0 Å². The Hall–Kier alpha value is -2.70. The van der Waals surface area contributed by atoms with Gasteiger partial charge in [-0.1, -0.05) is 18.2 Å². The van der Waals surface area contributed by atoms with Gasteiger partial charge in [-0.3, -0.25) is 4.79 Å². The lowest BCUT2D eigenvalue weighted by molar-refractivity contribution is -0.179. The average molecular weight is 329 g/mol. The molecule has 0 aliphatic rings. The van der Waals surface area contributed by atoms with E-state index < -0.39 is 12.2 Å². The molecule has 0 aliphatic heterocycles. The number of likely N-dealkylation sites (N-methyl/N-ethyl adjacent to an activating group) is 1. The fraction of sp³-hybridized carbons (Fsp3) is 0.222. The van der Waals surface area contributed by atoms with Gasteiger partial charge >= 0.3 is 5.97 Å². The highest BCUT2D eigenvalue weighted by molar-refractivity contribution is 5.99. The third kappa shape index (κ3) is 4.41. The van der Waals surface area contributed by atoms with Crippen molar-refractivity contribution in [1.82, 2.24) is 5.06 Å². The largest absolute Gasteiger partial charge is 0.508 e. The van der Waals surface area contributed by atoms with Gasteiger partial charge in [0.25, 0.3) is 0 Å².